The molecule has 0 aliphatic heterocycles. The first kappa shape index (κ1) is 30.7. The van der Waals surface area contributed by atoms with E-state index in [9.17, 15) is 14.4 Å². The number of rotatable bonds is 11. The van der Waals surface area contributed by atoms with Crippen molar-refractivity contribution in [3.05, 3.63) is 80.2 Å². The van der Waals surface area contributed by atoms with Crippen LogP contribution in [0.3, 0.4) is 0 Å². The molecule has 3 amide bonds. The summed E-state index contributed by atoms with van der Waals surface area (Å²) in [6, 6.07) is 15.1. The first-order chi connectivity index (χ1) is 19.2. The number of methoxy groups -OCH3 is 2. The Kier molecular flexibility index (Phi) is 11.6. The van der Waals surface area contributed by atoms with Gasteiger partial charge in [0, 0.05) is 32.3 Å². The molecule has 0 saturated carbocycles. The smallest absolute Gasteiger partial charge is 0.329 e. The zero-order valence-electron chi connectivity index (χ0n) is 21.4. The topological polar surface area (TPSA) is 127 Å². The number of carbonyl (C=O) groups excluding carboxylic acids is 3. The van der Waals surface area contributed by atoms with E-state index in [0.717, 1.165) is 5.56 Å². The van der Waals surface area contributed by atoms with Gasteiger partial charge in [0.2, 0.25) is 0 Å². The summed E-state index contributed by atoms with van der Waals surface area (Å²) in [5.41, 5.74) is 3.94. The summed E-state index contributed by atoms with van der Waals surface area (Å²) in [4.78, 5) is 36.6. The fourth-order valence-corrected chi connectivity index (χ4v) is 4.27. The van der Waals surface area contributed by atoms with E-state index in [0.29, 0.717) is 49.4 Å². The van der Waals surface area contributed by atoms with Crippen LogP contribution in [0.2, 0.25) is 10.0 Å². The van der Waals surface area contributed by atoms with E-state index in [1.807, 2.05) is 6.07 Å². The van der Waals surface area contributed by atoms with Crippen molar-refractivity contribution >= 4 is 68.8 Å². The average Bonchev–Trinajstić information content (AvgIpc) is 2.91. The van der Waals surface area contributed by atoms with Crippen molar-refractivity contribution in [2.45, 2.75) is 6.42 Å². The van der Waals surface area contributed by atoms with Gasteiger partial charge in [0.1, 0.15) is 5.75 Å². The summed E-state index contributed by atoms with van der Waals surface area (Å²) < 4.78 is 16.8. The first-order valence-electron chi connectivity index (χ1n) is 11.7. The highest BCUT2D eigenvalue weighted by molar-refractivity contribution is 9.10. The summed E-state index contributed by atoms with van der Waals surface area (Å²) in [6.45, 7) is -0.0973. The predicted octanol–water partition coefficient (Wildman–Crippen LogP) is 4.60. The van der Waals surface area contributed by atoms with E-state index >= 15 is 0 Å². The standard InChI is InChI=1S/C27H25BrCl2N4O6/c1-38-23-5-3-16(9-24(23)39-2)7-8-31-26(36)27(37)34-32-14-17-10-18(28)4-6-22(17)40-15-25(35)33-21-12-19(29)11-20(30)13-21/h3-6,9-14H,7-8,15H2,1-2H3,(H,31,36)(H,33,35)(H,34,37)/b32-14-. The molecule has 40 heavy (non-hydrogen) atoms. The Balaban J connectivity index is 1.50. The Morgan fingerprint density at radius 3 is 2.30 bits per heavy atom. The van der Waals surface area contributed by atoms with Crippen LogP contribution in [-0.4, -0.2) is 51.3 Å². The van der Waals surface area contributed by atoms with Crippen molar-refractivity contribution < 1.29 is 28.6 Å². The number of nitrogens with zero attached hydrogens (tertiary/aromatic N) is 1. The SMILES string of the molecule is COc1ccc(CCNC(=O)C(=O)N/N=C\c2cc(Br)ccc2OCC(=O)Nc2cc(Cl)cc(Cl)c2)cc1OC. The van der Waals surface area contributed by atoms with Gasteiger partial charge in [0.05, 0.1) is 20.4 Å². The van der Waals surface area contributed by atoms with Crippen LogP contribution < -0.4 is 30.3 Å². The number of halogens is 3. The first-order valence-corrected chi connectivity index (χ1v) is 13.2. The normalized spacial score (nSPS) is 10.6. The third-order valence-electron chi connectivity index (χ3n) is 5.20. The molecule has 0 spiro atoms. The lowest BCUT2D eigenvalue weighted by molar-refractivity contribution is -0.139. The molecule has 13 heteroatoms. The maximum absolute atomic E-state index is 12.3. The monoisotopic (exact) mass is 650 g/mol. The second kappa shape index (κ2) is 15.1. The average molecular weight is 652 g/mol. The van der Waals surface area contributed by atoms with Crippen LogP contribution in [0.15, 0.2) is 64.2 Å². The van der Waals surface area contributed by atoms with Crippen LogP contribution in [0.25, 0.3) is 0 Å². The molecule has 0 aromatic heterocycles. The minimum Gasteiger partial charge on any atom is -0.493 e. The van der Waals surface area contributed by atoms with Crippen molar-refractivity contribution in [3.63, 3.8) is 0 Å². The largest absolute Gasteiger partial charge is 0.493 e. The maximum Gasteiger partial charge on any atom is 0.329 e. The van der Waals surface area contributed by atoms with Crippen LogP contribution in [-0.2, 0) is 20.8 Å². The third kappa shape index (κ3) is 9.44. The molecule has 0 saturated heterocycles. The van der Waals surface area contributed by atoms with E-state index in [1.165, 1.54) is 13.3 Å². The van der Waals surface area contributed by atoms with Crippen LogP contribution in [0.4, 0.5) is 5.69 Å². The molecule has 0 atom stereocenters. The number of hydrogen-bond acceptors (Lipinski definition) is 7. The Bertz CT molecular complexity index is 1400. The number of benzene rings is 3. The predicted molar refractivity (Wildman–Crippen MR) is 157 cm³/mol. The van der Waals surface area contributed by atoms with Gasteiger partial charge in [-0.25, -0.2) is 5.43 Å². The van der Waals surface area contributed by atoms with Gasteiger partial charge in [0.15, 0.2) is 18.1 Å². The fraction of sp³-hybridized carbons (Fsp3) is 0.185. The highest BCUT2D eigenvalue weighted by Crippen LogP contribution is 2.27. The Hall–Kier alpha value is -3.80. The number of ether oxygens (including phenoxy) is 3. The molecule has 3 aromatic carbocycles. The van der Waals surface area contributed by atoms with Gasteiger partial charge < -0.3 is 24.8 Å². The molecular formula is C27H25BrCl2N4O6. The van der Waals surface area contributed by atoms with Crippen molar-refractivity contribution in [3.8, 4) is 17.2 Å². The molecule has 0 radical (unpaired) electrons. The molecular weight excluding hydrogens is 627 g/mol. The Labute approximate surface area is 249 Å². The molecule has 0 heterocycles. The number of amides is 3. The minimum atomic E-state index is -0.944. The lowest BCUT2D eigenvalue weighted by Gasteiger charge is -2.11. The molecule has 3 aromatic rings. The highest BCUT2D eigenvalue weighted by Gasteiger charge is 2.13. The van der Waals surface area contributed by atoms with E-state index in [2.05, 4.69) is 37.1 Å². The highest BCUT2D eigenvalue weighted by atomic mass is 79.9. The number of hydrogen-bond donors (Lipinski definition) is 3. The molecule has 3 N–H and O–H groups in total. The Morgan fingerprint density at radius 2 is 1.60 bits per heavy atom. The van der Waals surface area contributed by atoms with Crippen LogP contribution in [0, 0.1) is 0 Å². The van der Waals surface area contributed by atoms with Gasteiger partial charge in [-0.05, 0) is 60.5 Å². The zero-order chi connectivity index (χ0) is 29.1. The van der Waals surface area contributed by atoms with Crippen LogP contribution in [0.5, 0.6) is 17.2 Å². The summed E-state index contributed by atoms with van der Waals surface area (Å²) in [7, 11) is 3.08. The lowest BCUT2D eigenvalue weighted by atomic mass is 10.1. The molecule has 0 fully saturated rings. The third-order valence-corrected chi connectivity index (χ3v) is 6.13. The van der Waals surface area contributed by atoms with Gasteiger partial charge >= 0.3 is 11.8 Å². The van der Waals surface area contributed by atoms with Gasteiger partial charge in [0.25, 0.3) is 5.91 Å². The van der Waals surface area contributed by atoms with E-state index in [-0.39, 0.29) is 13.2 Å². The van der Waals surface area contributed by atoms with Gasteiger partial charge in [-0.2, -0.15) is 5.10 Å². The fourth-order valence-electron chi connectivity index (χ4n) is 3.37. The van der Waals surface area contributed by atoms with Gasteiger partial charge in [-0.15, -0.1) is 0 Å². The number of carbonyl (C=O) groups is 3. The summed E-state index contributed by atoms with van der Waals surface area (Å²) in [5, 5.41) is 9.78. The maximum atomic E-state index is 12.3. The number of hydrazone groups is 1. The summed E-state index contributed by atoms with van der Waals surface area (Å²) >= 11 is 15.3. The lowest BCUT2D eigenvalue weighted by Crippen LogP contribution is -2.38. The summed E-state index contributed by atoms with van der Waals surface area (Å²) in [6.07, 6.45) is 1.77. The number of nitrogens with one attached hydrogen (secondary N) is 3. The Morgan fingerprint density at radius 1 is 0.900 bits per heavy atom. The van der Waals surface area contributed by atoms with Crippen molar-refractivity contribution in [1.82, 2.24) is 10.7 Å². The molecule has 3 rings (SSSR count). The van der Waals surface area contributed by atoms with E-state index < -0.39 is 17.7 Å². The minimum absolute atomic E-state index is 0.221. The van der Waals surface area contributed by atoms with Crippen molar-refractivity contribution in [2.75, 3.05) is 32.7 Å². The second-order valence-electron chi connectivity index (χ2n) is 8.07. The van der Waals surface area contributed by atoms with E-state index in [4.69, 9.17) is 37.4 Å². The number of anilines is 1. The van der Waals surface area contributed by atoms with Crippen molar-refractivity contribution in [2.24, 2.45) is 5.10 Å². The quantitative estimate of drug-likeness (QED) is 0.158. The zero-order valence-corrected chi connectivity index (χ0v) is 24.5. The summed E-state index contributed by atoms with van der Waals surface area (Å²) in [5.74, 6) is -0.748. The van der Waals surface area contributed by atoms with E-state index in [1.54, 1.807) is 55.6 Å². The van der Waals surface area contributed by atoms with Crippen molar-refractivity contribution in [1.29, 1.82) is 0 Å². The molecule has 10 nitrogen and oxygen atoms in total. The van der Waals surface area contributed by atoms with Gasteiger partial charge in [-0.3, -0.25) is 14.4 Å². The van der Waals surface area contributed by atoms with Crippen LogP contribution in [0.1, 0.15) is 11.1 Å². The molecule has 0 bridgehead atoms. The van der Waals surface area contributed by atoms with Crippen LogP contribution >= 0.6 is 39.1 Å². The van der Waals surface area contributed by atoms with Gasteiger partial charge in [-0.1, -0.05) is 45.2 Å². The molecule has 0 unspecified atom stereocenters. The molecule has 210 valence electrons. The molecule has 0 aliphatic carbocycles. The second-order valence-corrected chi connectivity index (χ2v) is 9.86. The molecule has 0 aliphatic rings.